The summed E-state index contributed by atoms with van der Waals surface area (Å²) in [6, 6.07) is 0. The number of rotatable bonds is 5. The Morgan fingerprint density at radius 2 is 2.10 bits per heavy atom. The van der Waals surface area contributed by atoms with Crippen LogP contribution in [0.3, 0.4) is 0 Å². The molecule has 0 fully saturated rings. The van der Waals surface area contributed by atoms with E-state index in [0.717, 1.165) is 6.42 Å². The Kier molecular flexibility index (Phi) is 5.70. The Morgan fingerprint density at radius 3 is 2.50 bits per heavy atom. The van der Waals surface area contributed by atoms with Crippen LogP contribution in [0.4, 0.5) is 0 Å². The predicted octanol–water partition coefficient (Wildman–Crippen LogP) is 2.62. The van der Waals surface area contributed by atoms with Gasteiger partial charge in [0.2, 0.25) is 0 Å². The van der Waals surface area contributed by atoms with Crippen LogP contribution < -0.4 is 0 Å². The predicted molar refractivity (Wildman–Crippen MR) is 44.4 cm³/mol. The van der Waals surface area contributed by atoms with Gasteiger partial charge in [-0.15, -0.1) is 11.6 Å². The number of hydrogen-bond acceptors (Lipinski definition) is 1. The quantitative estimate of drug-likeness (QED) is 0.568. The molecule has 0 heterocycles. The number of carbonyl (C=O) groups excluding carboxylic acids is 1. The van der Waals surface area contributed by atoms with Crippen molar-refractivity contribution in [2.24, 2.45) is 5.92 Å². The maximum absolute atomic E-state index is 11.0. The summed E-state index contributed by atoms with van der Waals surface area (Å²) in [5.74, 6) is 1.43. The summed E-state index contributed by atoms with van der Waals surface area (Å²) in [4.78, 5) is 11.0. The largest absolute Gasteiger partial charge is 0.300 e. The molecule has 0 bridgehead atoms. The van der Waals surface area contributed by atoms with Crippen molar-refractivity contribution >= 4 is 17.4 Å². The zero-order valence-corrected chi connectivity index (χ0v) is 7.45. The van der Waals surface area contributed by atoms with Crippen molar-refractivity contribution < 1.29 is 4.79 Å². The fourth-order valence-electron chi connectivity index (χ4n) is 0.821. The highest BCUT2D eigenvalue weighted by Gasteiger charge is 2.03. The lowest BCUT2D eigenvalue weighted by molar-refractivity contribution is -0.119. The topological polar surface area (TPSA) is 17.1 Å². The zero-order valence-electron chi connectivity index (χ0n) is 6.69. The van der Waals surface area contributed by atoms with Gasteiger partial charge in [0.05, 0.1) is 0 Å². The maximum Gasteiger partial charge on any atom is 0.133 e. The lowest BCUT2D eigenvalue weighted by Gasteiger charge is -2.01. The van der Waals surface area contributed by atoms with E-state index in [4.69, 9.17) is 11.6 Å². The molecule has 0 aliphatic carbocycles. The number of Topliss-reactive ketones (excluding diaryl/α,β-unsaturated/α-hetero) is 1. The summed E-state index contributed by atoms with van der Waals surface area (Å²) >= 11 is 5.43. The molecule has 0 saturated heterocycles. The molecule has 0 rings (SSSR count). The van der Waals surface area contributed by atoms with Crippen LogP contribution >= 0.6 is 11.6 Å². The summed E-state index contributed by atoms with van der Waals surface area (Å²) in [7, 11) is 0. The first kappa shape index (κ1) is 9.96. The molecule has 0 unspecified atom stereocenters. The summed E-state index contributed by atoms with van der Waals surface area (Å²) < 4.78 is 0. The van der Waals surface area contributed by atoms with E-state index >= 15 is 0 Å². The van der Waals surface area contributed by atoms with Gasteiger partial charge in [-0.1, -0.05) is 13.8 Å². The number of alkyl halides is 1. The molecular formula is C8H15ClO. The van der Waals surface area contributed by atoms with E-state index in [1.807, 2.05) is 0 Å². The van der Waals surface area contributed by atoms with E-state index in [2.05, 4.69) is 13.8 Å². The third kappa shape index (κ3) is 6.09. The van der Waals surface area contributed by atoms with Gasteiger partial charge in [-0.05, 0) is 12.3 Å². The number of hydrogen-bond donors (Lipinski definition) is 0. The van der Waals surface area contributed by atoms with Gasteiger partial charge < -0.3 is 0 Å². The second-order valence-corrected chi connectivity index (χ2v) is 3.31. The Morgan fingerprint density at radius 1 is 1.50 bits per heavy atom. The molecule has 0 aromatic rings. The van der Waals surface area contributed by atoms with Crippen LogP contribution in [0.15, 0.2) is 0 Å². The van der Waals surface area contributed by atoms with Crippen LogP contribution in [-0.2, 0) is 4.79 Å². The molecule has 1 nitrogen and oxygen atoms in total. The fraction of sp³-hybridized carbons (Fsp3) is 0.875. The highest BCUT2D eigenvalue weighted by molar-refractivity contribution is 6.17. The number of ketones is 1. The molecule has 0 aliphatic rings. The normalized spacial score (nSPS) is 10.4. The Labute approximate surface area is 67.8 Å². The van der Waals surface area contributed by atoms with Crippen molar-refractivity contribution in [1.82, 2.24) is 0 Å². The Hall–Kier alpha value is -0.0400. The third-order valence-corrected chi connectivity index (χ3v) is 1.49. The minimum absolute atomic E-state index is 0.343. The first-order valence-electron chi connectivity index (χ1n) is 3.74. The lowest BCUT2D eigenvalue weighted by atomic mass is 10.0. The van der Waals surface area contributed by atoms with Gasteiger partial charge in [-0.25, -0.2) is 0 Å². The van der Waals surface area contributed by atoms with E-state index in [0.29, 0.717) is 30.4 Å². The minimum Gasteiger partial charge on any atom is -0.300 e. The van der Waals surface area contributed by atoms with Crippen LogP contribution in [0.1, 0.15) is 33.1 Å². The Balaban J connectivity index is 3.26. The molecule has 0 atom stereocenters. The van der Waals surface area contributed by atoms with Gasteiger partial charge in [-0.2, -0.15) is 0 Å². The number of halogens is 1. The van der Waals surface area contributed by atoms with Crippen LogP contribution in [0.25, 0.3) is 0 Å². The molecule has 0 N–H and O–H groups in total. The second kappa shape index (κ2) is 5.72. The van der Waals surface area contributed by atoms with Crippen LogP contribution in [-0.4, -0.2) is 11.7 Å². The standard InChI is InChI=1S/C8H15ClO/c1-7(2)6-8(10)4-3-5-9/h7H,3-6H2,1-2H3. The second-order valence-electron chi connectivity index (χ2n) is 2.93. The highest BCUT2D eigenvalue weighted by Crippen LogP contribution is 2.04. The van der Waals surface area contributed by atoms with Gasteiger partial charge in [0.15, 0.2) is 0 Å². The summed E-state index contributed by atoms with van der Waals surface area (Å²) in [5.41, 5.74) is 0. The average Bonchev–Trinajstić information content (AvgIpc) is 1.82. The summed E-state index contributed by atoms with van der Waals surface area (Å²) in [6.07, 6.45) is 2.19. The molecule has 60 valence electrons. The molecule has 0 saturated carbocycles. The van der Waals surface area contributed by atoms with Crippen LogP contribution in [0.5, 0.6) is 0 Å². The first-order valence-corrected chi connectivity index (χ1v) is 4.28. The van der Waals surface area contributed by atoms with Crippen molar-refractivity contribution in [3.63, 3.8) is 0 Å². The summed E-state index contributed by atoms with van der Waals surface area (Å²) in [6.45, 7) is 4.11. The van der Waals surface area contributed by atoms with Gasteiger partial charge in [0.25, 0.3) is 0 Å². The molecule has 0 aliphatic heterocycles. The molecule has 0 aromatic heterocycles. The highest BCUT2D eigenvalue weighted by atomic mass is 35.5. The molecular weight excluding hydrogens is 148 g/mol. The minimum atomic E-state index is 0.343. The van der Waals surface area contributed by atoms with E-state index in [-0.39, 0.29) is 0 Å². The molecule has 0 spiro atoms. The van der Waals surface area contributed by atoms with Crippen LogP contribution in [0, 0.1) is 5.92 Å². The van der Waals surface area contributed by atoms with Gasteiger partial charge in [0.1, 0.15) is 5.78 Å². The van der Waals surface area contributed by atoms with Crippen molar-refractivity contribution in [1.29, 1.82) is 0 Å². The van der Waals surface area contributed by atoms with Gasteiger partial charge in [-0.3, -0.25) is 4.79 Å². The van der Waals surface area contributed by atoms with Crippen molar-refractivity contribution in [2.45, 2.75) is 33.1 Å². The zero-order chi connectivity index (χ0) is 7.98. The van der Waals surface area contributed by atoms with Crippen molar-refractivity contribution in [2.75, 3.05) is 5.88 Å². The van der Waals surface area contributed by atoms with Crippen LogP contribution in [0.2, 0.25) is 0 Å². The van der Waals surface area contributed by atoms with Crippen molar-refractivity contribution in [3.8, 4) is 0 Å². The lowest BCUT2D eigenvalue weighted by Crippen LogP contribution is -2.02. The smallest absolute Gasteiger partial charge is 0.133 e. The number of carbonyl (C=O) groups is 1. The maximum atomic E-state index is 11.0. The molecule has 0 radical (unpaired) electrons. The monoisotopic (exact) mass is 162 g/mol. The van der Waals surface area contributed by atoms with Gasteiger partial charge >= 0.3 is 0 Å². The SMILES string of the molecule is CC(C)CC(=O)CCCCl. The Bertz CT molecular complexity index is 99.4. The van der Waals surface area contributed by atoms with Crippen molar-refractivity contribution in [3.05, 3.63) is 0 Å². The molecule has 10 heavy (non-hydrogen) atoms. The molecule has 0 aromatic carbocycles. The summed E-state index contributed by atoms with van der Waals surface area (Å²) in [5, 5.41) is 0. The fourth-order valence-corrected chi connectivity index (χ4v) is 0.955. The van der Waals surface area contributed by atoms with E-state index in [1.54, 1.807) is 0 Å². The first-order chi connectivity index (χ1) is 4.66. The van der Waals surface area contributed by atoms with E-state index in [1.165, 1.54) is 0 Å². The van der Waals surface area contributed by atoms with Gasteiger partial charge in [0, 0.05) is 18.7 Å². The van der Waals surface area contributed by atoms with E-state index < -0.39 is 0 Å². The molecule has 2 heteroatoms. The molecule has 0 amide bonds. The average molecular weight is 163 g/mol. The third-order valence-electron chi connectivity index (χ3n) is 1.23. The van der Waals surface area contributed by atoms with E-state index in [9.17, 15) is 4.79 Å².